The maximum absolute atomic E-state index is 8.17. The third-order valence-electron chi connectivity index (χ3n) is 1.12. The zero-order valence-electron chi connectivity index (χ0n) is 6.27. The van der Waals surface area contributed by atoms with E-state index in [0.29, 0.717) is 12.4 Å². The molecule has 0 fully saturated rings. The van der Waals surface area contributed by atoms with Crippen molar-refractivity contribution in [1.82, 2.24) is 15.5 Å². The van der Waals surface area contributed by atoms with Crippen LogP contribution in [0.2, 0.25) is 0 Å². The van der Waals surface area contributed by atoms with Crippen LogP contribution in [0.15, 0.2) is 16.1 Å². The van der Waals surface area contributed by atoms with Crippen LogP contribution in [-0.4, -0.2) is 27.7 Å². The molecule has 1 aromatic heterocycles. The second-order valence-corrected chi connectivity index (χ2v) is 2.04. The van der Waals surface area contributed by atoms with E-state index in [4.69, 9.17) is 10.9 Å². The molecule has 0 aliphatic heterocycles. The SMILES string of the molecule is NC(CNCc1ncon1)=NO. The molecule has 1 aromatic rings. The Morgan fingerprint density at radius 3 is 3.25 bits per heavy atom. The molecule has 66 valence electrons. The van der Waals surface area contributed by atoms with Crippen molar-refractivity contribution in [2.45, 2.75) is 6.54 Å². The Bertz CT molecular complexity index is 244. The molecular weight excluding hydrogens is 162 g/mol. The fraction of sp³-hybridized carbons (Fsp3) is 0.400. The highest BCUT2D eigenvalue weighted by molar-refractivity contribution is 5.81. The van der Waals surface area contributed by atoms with Gasteiger partial charge in [-0.05, 0) is 0 Å². The molecule has 0 saturated carbocycles. The molecule has 4 N–H and O–H groups in total. The number of rotatable bonds is 4. The quantitative estimate of drug-likeness (QED) is 0.230. The van der Waals surface area contributed by atoms with E-state index >= 15 is 0 Å². The van der Waals surface area contributed by atoms with E-state index < -0.39 is 0 Å². The zero-order chi connectivity index (χ0) is 8.81. The first-order valence-corrected chi connectivity index (χ1v) is 3.25. The predicted octanol–water partition coefficient (Wildman–Crippen LogP) is -1.09. The van der Waals surface area contributed by atoms with Gasteiger partial charge in [0.2, 0.25) is 6.39 Å². The predicted molar refractivity (Wildman–Crippen MR) is 39.4 cm³/mol. The molecule has 1 rings (SSSR count). The summed E-state index contributed by atoms with van der Waals surface area (Å²) in [5.41, 5.74) is 5.19. The third kappa shape index (κ3) is 2.54. The van der Waals surface area contributed by atoms with Gasteiger partial charge in [-0.2, -0.15) is 4.98 Å². The van der Waals surface area contributed by atoms with Crippen LogP contribution < -0.4 is 11.1 Å². The van der Waals surface area contributed by atoms with Crippen LogP contribution in [-0.2, 0) is 6.54 Å². The average molecular weight is 171 g/mol. The van der Waals surface area contributed by atoms with Gasteiger partial charge < -0.3 is 20.8 Å². The molecule has 0 amide bonds. The number of nitrogens with two attached hydrogens (primary N) is 1. The molecule has 0 radical (unpaired) electrons. The molecule has 7 heteroatoms. The third-order valence-corrected chi connectivity index (χ3v) is 1.12. The van der Waals surface area contributed by atoms with E-state index in [1.54, 1.807) is 0 Å². The molecule has 1 heterocycles. The number of oxime groups is 1. The Morgan fingerprint density at radius 2 is 2.67 bits per heavy atom. The van der Waals surface area contributed by atoms with E-state index in [1.807, 2.05) is 0 Å². The molecular formula is C5H9N5O2. The molecule has 0 bridgehead atoms. The van der Waals surface area contributed by atoms with Crippen molar-refractivity contribution in [2.75, 3.05) is 6.54 Å². The van der Waals surface area contributed by atoms with Crippen LogP contribution in [0.25, 0.3) is 0 Å². The maximum atomic E-state index is 8.17. The second-order valence-electron chi connectivity index (χ2n) is 2.04. The van der Waals surface area contributed by atoms with Gasteiger partial charge >= 0.3 is 0 Å². The van der Waals surface area contributed by atoms with Gasteiger partial charge in [-0.3, -0.25) is 0 Å². The minimum Gasteiger partial charge on any atom is -0.409 e. The molecule has 0 aliphatic carbocycles. The number of nitrogens with one attached hydrogen (secondary N) is 1. The van der Waals surface area contributed by atoms with Crippen LogP contribution in [0.4, 0.5) is 0 Å². The summed E-state index contributed by atoms with van der Waals surface area (Å²) in [6.07, 6.45) is 1.24. The van der Waals surface area contributed by atoms with Crippen molar-refractivity contribution in [1.29, 1.82) is 0 Å². The maximum Gasteiger partial charge on any atom is 0.213 e. The number of nitrogens with zero attached hydrogens (tertiary/aromatic N) is 3. The van der Waals surface area contributed by atoms with Crippen molar-refractivity contribution in [3.05, 3.63) is 12.2 Å². The second kappa shape index (κ2) is 4.29. The van der Waals surface area contributed by atoms with Crippen molar-refractivity contribution < 1.29 is 9.73 Å². The Kier molecular flexibility index (Phi) is 3.03. The summed E-state index contributed by atoms with van der Waals surface area (Å²) < 4.78 is 4.49. The molecule has 12 heavy (non-hydrogen) atoms. The van der Waals surface area contributed by atoms with E-state index in [9.17, 15) is 0 Å². The summed E-state index contributed by atoms with van der Waals surface area (Å²) in [7, 11) is 0. The van der Waals surface area contributed by atoms with Crippen LogP contribution >= 0.6 is 0 Å². The first kappa shape index (κ1) is 8.47. The minimum absolute atomic E-state index is 0.110. The topological polar surface area (TPSA) is 110 Å². The van der Waals surface area contributed by atoms with Gasteiger partial charge in [0.15, 0.2) is 11.7 Å². The number of amidine groups is 1. The van der Waals surface area contributed by atoms with Gasteiger partial charge in [0.1, 0.15) is 0 Å². The highest BCUT2D eigenvalue weighted by atomic mass is 16.5. The summed E-state index contributed by atoms with van der Waals surface area (Å²) in [6.45, 7) is 0.706. The fourth-order valence-corrected chi connectivity index (χ4v) is 0.608. The summed E-state index contributed by atoms with van der Waals surface area (Å²) in [5.74, 6) is 0.638. The van der Waals surface area contributed by atoms with Gasteiger partial charge in [0, 0.05) is 0 Å². The van der Waals surface area contributed by atoms with Crippen molar-refractivity contribution in [3.63, 3.8) is 0 Å². The van der Waals surface area contributed by atoms with Gasteiger partial charge in [0.05, 0.1) is 13.1 Å². The smallest absolute Gasteiger partial charge is 0.213 e. The summed E-state index contributed by atoms with van der Waals surface area (Å²) >= 11 is 0. The summed E-state index contributed by atoms with van der Waals surface area (Å²) in [5, 5.41) is 17.3. The van der Waals surface area contributed by atoms with E-state index in [-0.39, 0.29) is 12.4 Å². The first-order chi connectivity index (χ1) is 5.83. The molecule has 0 unspecified atom stereocenters. The lowest BCUT2D eigenvalue weighted by atomic mass is 10.5. The minimum atomic E-state index is 0.110. The molecule has 7 nitrogen and oxygen atoms in total. The highest BCUT2D eigenvalue weighted by Gasteiger charge is 1.97. The van der Waals surface area contributed by atoms with Crippen molar-refractivity contribution in [2.24, 2.45) is 10.9 Å². The van der Waals surface area contributed by atoms with Crippen molar-refractivity contribution >= 4 is 5.84 Å². The Labute approximate surface area is 68.2 Å². The van der Waals surface area contributed by atoms with Gasteiger partial charge in [0.25, 0.3) is 0 Å². The van der Waals surface area contributed by atoms with Gasteiger partial charge in [-0.15, -0.1) is 0 Å². The van der Waals surface area contributed by atoms with Crippen molar-refractivity contribution in [3.8, 4) is 0 Å². The number of aromatic nitrogens is 2. The number of hydrogen-bond donors (Lipinski definition) is 3. The lowest BCUT2D eigenvalue weighted by Crippen LogP contribution is -2.28. The highest BCUT2D eigenvalue weighted by Crippen LogP contribution is 1.85. The zero-order valence-corrected chi connectivity index (χ0v) is 6.27. The van der Waals surface area contributed by atoms with E-state index in [2.05, 4.69) is 25.1 Å². The molecule has 0 atom stereocenters. The van der Waals surface area contributed by atoms with E-state index in [1.165, 1.54) is 6.39 Å². The lowest BCUT2D eigenvalue weighted by molar-refractivity contribution is 0.317. The standard InChI is InChI=1S/C5H9N5O2/c6-4(9-11)1-7-2-5-8-3-12-10-5/h3,7,11H,1-2H2,(H2,6,9). The largest absolute Gasteiger partial charge is 0.409 e. The average Bonchev–Trinajstić information content (AvgIpc) is 2.57. The first-order valence-electron chi connectivity index (χ1n) is 3.25. The molecule has 0 saturated heterocycles. The fourth-order valence-electron chi connectivity index (χ4n) is 0.608. The van der Waals surface area contributed by atoms with Crippen LogP contribution in [0.1, 0.15) is 5.82 Å². The summed E-state index contributed by atoms with van der Waals surface area (Å²) in [4.78, 5) is 3.76. The Morgan fingerprint density at radius 1 is 1.83 bits per heavy atom. The Balaban J connectivity index is 2.19. The molecule has 0 spiro atoms. The lowest BCUT2D eigenvalue weighted by Gasteiger charge is -1.97. The molecule has 0 aliphatic rings. The molecule has 0 aromatic carbocycles. The summed E-state index contributed by atoms with van der Waals surface area (Å²) in [6, 6.07) is 0. The Hall–Kier alpha value is -1.63. The normalized spacial score (nSPS) is 11.8. The van der Waals surface area contributed by atoms with Crippen LogP contribution in [0.5, 0.6) is 0 Å². The van der Waals surface area contributed by atoms with Crippen LogP contribution in [0.3, 0.4) is 0 Å². The van der Waals surface area contributed by atoms with Crippen LogP contribution in [0, 0.1) is 0 Å². The monoisotopic (exact) mass is 171 g/mol. The van der Waals surface area contributed by atoms with Gasteiger partial charge in [-0.1, -0.05) is 10.3 Å². The number of hydrogen-bond acceptors (Lipinski definition) is 6. The van der Waals surface area contributed by atoms with Gasteiger partial charge in [-0.25, -0.2) is 0 Å². The van der Waals surface area contributed by atoms with E-state index in [0.717, 1.165) is 0 Å².